The fourth-order valence-corrected chi connectivity index (χ4v) is 0.693. The van der Waals surface area contributed by atoms with Crippen molar-refractivity contribution in [3.8, 4) is 0 Å². The van der Waals surface area contributed by atoms with E-state index in [-0.39, 0.29) is 0 Å². The summed E-state index contributed by atoms with van der Waals surface area (Å²) >= 11 is 0. The van der Waals surface area contributed by atoms with Gasteiger partial charge in [0, 0.05) is 6.54 Å². The highest BCUT2D eigenvalue weighted by atomic mass is 16.2. The molecule has 0 aromatic heterocycles. The van der Waals surface area contributed by atoms with Crippen LogP contribution in [0.3, 0.4) is 0 Å². The molecule has 1 rings (SSSR count). The summed E-state index contributed by atoms with van der Waals surface area (Å²) in [7, 11) is 0. The highest BCUT2D eigenvalue weighted by molar-refractivity contribution is 6.32. The Morgan fingerprint density at radius 2 is 2.50 bits per heavy atom. The van der Waals surface area contributed by atoms with Crippen LogP contribution in [0.15, 0.2) is 23.9 Å². The number of Topliss-reactive ketones (excluding diaryl/α,β-unsaturated/α-hetero) is 1. The van der Waals surface area contributed by atoms with E-state index in [9.17, 15) is 9.59 Å². The van der Waals surface area contributed by atoms with Crippen molar-refractivity contribution in [1.82, 2.24) is 5.32 Å². The highest BCUT2D eigenvalue weighted by Crippen LogP contribution is 1.95. The maximum Gasteiger partial charge on any atom is 0.241 e. The molecule has 10 heavy (non-hydrogen) atoms. The van der Waals surface area contributed by atoms with Gasteiger partial charge >= 0.3 is 0 Å². The van der Waals surface area contributed by atoms with Gasteiger partial charge in [-0.3, -0.25) is 9.59 Å². The van der Waals surface area contributed by atoms with E-state index in [4.69, 9.17) is 0 Å². The van der Waals surface area contributed by atoms with Crippen LogP contribution in [0.5, 0.6) is 0 Å². The Morgan fingerprint density at radius 1 is 1.70 bits per heavy atom. The second-order valence-corrected chi connectivity index (χ2v) is 1.87. The lowest BCUT2D eigenvalue weighted by atomic mass is 10.2. The molecule has 0 radical (unpaired) electrons. The minimum absolute atomic E-state index is 0.304. The summed E-state index contributed by atoms with van der Waals surface area (Å²) in [5.41, 5.74) is 0.373. The van der Waals surface area contributed by atoms with E-state index in [0.29, 0.717) is 18.5 Å². The zero-order valence-corrected chi connectivity index (χ0v) is 5.33. The molecule has 3 heteroatoms. The molecule has 1 aliphatic heterocycles. The molecule has 0 aromatic rings. The first-order valence-corrected chi connectivity index (χ1v) is 2.95. The van der Waals surface area contributed by atoms with Crippen molar-refractivity contribution in [3.63, 3.8) is 0 Å². The molecule has 1 heterocycles. The molecule has 0 fully saturated rings. The van der Waals surface area contributed by atoms with E-state index in [1.165, 1.54) is 0 Å². The zero-order valence-electron chi connectivity index (χ0n) is 5.33. The third-order valence-corrected chi connectivity index (χ3v) is 1.18. The van der Waals surface area contributed by atoms with E-state index < -0.39 is 5.78 Å². The van der Waals surface area contributed by atoms with Gasteiger partial charge in [0.2, 0.25) is 5.78 Å². The molecule has 0 atom stereocenters. The topological polar surface area (TPSA) is 46.2 Å². The second-order valence-electron chi connectivity index (χ2n) is 1.87. The summed E-state index contributed by atoms with van der Waals surface area (Å²) in [6.07, 6.45) is 5.49. The third kappa shape index (κ3) is 1.31. The highest BCUT2D eigenvalue weighted by Gasteiger charge is 2.06. The average molecular weight is 137 g/mol. The fraction of sp³-hybridized carbons (Fsp3) is 0.143. The molecule has 1 N–H and O–H groups in total. The number of nitrogens with one attached hydrogen (secondary N) is 1. The molecule has 0 spiro atoms. The van der Waals surface area contributed by atoms with Crippen molar-refractivity contribution < 1.29 is 9.59 Å². The number of hydrogen-bond donors (Lipinski definition) is 1. The van der Waals surface area contributed by atoms with Gasteiger partial charge in [0.1, 0.15) is 0 Å². The minimum Gasteiger partial charge on any atom is -0.378 e. The molecule has 0 bridgehead atoms. The van der Waals surface area contributed by atoms with E-state index >= 15 is 0 Å². The lowest BCUT2D eigenvalue weighted by Crippen LogP contribution is -2.22. The molecule has 0 unspecified atom stereocenters. The Bertz CT molecular complexity index is 216. The predicted molar refractivity (Wildman–Crippen MR) is 36.3 cm³/mol. The monoisotopic (exact) mass is 137 g/mol. The Labute approximate surface area is 58.4 Å². The van der Waals surface area contributed by atoms with Gasteiger partial charge in [-0.05, 0) is 6.08 Å². The summed E-state index contributed by atoms with van der Waals surface area (Å²) in [6.45, 7) is 0.616. The third-order valence-electron chi connectivity index (χ3n) is 1.18. The van der Waals surface area contributed by atoms with Gasteiger partial charge in [-0.25, -0.2) is 0 Å². The summed E-state index contributed by atoms with van der Waals surface area (Å²) in [5, 5.41) is 2.76. The Balaban J connectivity index is 2.71. The van der Waals surface area contributed by atoms with Gasteiger partial charge in [0.15, 0.2) is 6.29 Å². The predicted octanol–water partition coefficient (Wildman–Crippen LogP) is -0.202. The minimum atomic E-state index is -0.496. The van der Waals surface area contributed by atoms with Crippen LogP contribution in [0, 0.1) is 0 Å². The average Bonchev–Trinajstić information content (AvgIpc) is 2.05. The number of rotatable bonds is 2. The van der Waals surface area contributed by atoms with Gasteiger partial charge < -0.3 is 5.32 Å². The molecular weight excluding hydrogens is 130 g/mol. The first-order valence-electron chi connectivity index (χ1n) is 2.95. The van der Waals surface area contributed by atoms with Crippen molar-refractivity contribution in [1.29, 1.82) is 0 Å². The quantitative estimate of drug-likeness (QED) is 0.423. The molecule has 0 saturated heterocycles. The lowest BCUT2D eigenvalue weighted by Gasteiger charge is -2.06. The first kappa shape index (κ1) is 6.74. The van der Waals surface area contributed by atoms with Crippen LogP contribution >= 0.6 is 0 Å². The summed E-state index contributed by atoms with van der Waals surface area (Å²) in [5.74, 6) is -0.496. The number of allylic oxidation sites excluding steroid dienone is 3. The molecule has 1 aliphatic rings. The van der Waals surface area contributed by atoms with Crippen LogP contribution in [0.4, 0.5) is 0 Å². The van der Waals surface area contributed by atoms with Crippen LogP contribution < -0.4 is 5.32 Å². The van der Waals surface area contributed by atoms with Gasteiger partial charge in [-0.1, -0.05) is 12.2 Å². The maximum absolute atomic E-state index is 10.6. The van der Waals surface area contributed by atoms with Gasteiger partial charge in [0.05, 0.1) is 5.70 Å². The first-order chi connectivity index (χ1) is 4.84. The van der Waals surface area contributed by atoms with Crippen molar-refractivity contribution in [3.05, 3.63) is 23.9 Å². The van der Waals surface area contributed by atoms with Crippen molar-refractivity contribution in [2.75, 3.05) is 6.54 Å². The number of carbonyl (C=O) groups is 2. The van der Waals surface area contributed by atoms with E-state index in [2.05, 4.69) is 5.32 Å². The van der Waals surface area contributed by atoms with Gasteiger partial charge in [-0.2, -0.15) is 0 Å². The summed E-state index contributed by atoms with van der Waals surface area (Å²) in [6, 6.07) is 0. The lowest BCUT2D eigenvalue weighted by molar-refractivity contribution is -0.127. The van der Waals surface area contributed by atoms with Gasteiger partial charge in [-0.15, -0.1) is 0 Å². The largest absolute Gasteiger partial charge is 0.378 e. The van der Waals surface area contributed by atoms with E-state index in [1.54, 1.807) is 12.2 Å². The molecule has 0 aromatic carbocycles. The maximum atomic E-state index is 10.6. The molecule has 3 nitrogen and oxygen atoms in total. The van der Waals surface area contributed by atoms with Crippen LogP contribution in [-0.4, -0.2) is 18.6 Å². The van der Waals surface area contributed by atoms with Gasteiger partial charge in [0.25, 0.3) is 0 Å². The number of aldehydes is 1. The fourth-order valence-electron chi connectivity index (χ4n) is 0.693. The Kier molecular flexibility index (Phi) is 1.99. The second kappa shape index (κ2) is 2.96. The van der Waals surface area contributed by atoms with Crippen LogP contribution in [-0.2, 0) is 9.59 Å². The van der Waals surface area contributed by atoms with Crippen LogP contribution in [0.2, 0.25) is 0 Å². The van der Waals surface area contributed by atoms with E-state index in [1.807, 2.05) is 6.08 Å². The smallest absolute Gasteiger partial charge is 0.241 e. The number of carbonyl (C=O) groups excluding carboxylic acids is 2. The summed E-state index contributed by atoms with van der Waals surface area (Å²) in [4.78, 5) is 20.6. The van der Waals surface area contributed by atoms with E-state index in [0.717, 1.165) is 0 Å². The number of dihydropyridines is 1. The van der Waals surface area contributed by atoms with Crippen molar-refractivity contribution in [2.45, 2.75) is 0 Å². The molecule has 52 valence electrons. The normalized spacial score (nSPS) is 15.4. The molecule has 0 aliphatic carbocycles. The Hall–Kier alpha value is -1.38. The van der Waals surface area contributed by atoms with Crippen LogP contribution in [0.1, 0.15) is 0 Å². The number of hydrogen-bond acceptors (Lipinski definition) is 3. The number of ketones is 1. The van der Waals surface area contributed by atoms with Crippen molar-refractivity contribution >= 4 is 12.1 Å². The zero-order chi connectivity index (χ0) is 7.40. The van der Waals surface area contributed by atoms with Crippen molar-refractivity contribution in [2.24, 2.45) is 0 Å². The standard InChI is InChI=1S/C7H7NO2/c9-5-7(10)6-3-1-2-4-8-6/h1-3,5,8H,4H2. The van der Waals surface area contributed by atoms with Crippen LogP contribution in [0.25, 0.3) is 0 Å². The molecular formula is C7H7NO2. The molecule has 0 saturated carbocycles. The Morgan fingerprint density at radius 3 is 3.00 bits per heavy atom. The summed E-state index contributed by atoms with van der Waals surface area (Å²) < 4.78 is 0. The molecule has 0 amide bonds. The SMILES string of the molecule is O=CC(=O)C1=CC=CCN1.